The fraction of sp³-hybridized carbons (Fsp3) is 0.125. The number of anilines is 1. The first-order valence-corrected chi connectivity index (χ1v) is 8.38. The predicted octanol–water partition coefficient (Wildman–Crippen LogP) is 4.69. The molecule has 0 aliphatic heterocycles. The van der Waals surface area contributed by atoms with Gasteiger partial charge in [-0.25, -0.2) is 0 Å². The summed E-state index contributed by atoms with van der Waals surface area (Å²) in [5, 5.41) is 6.37. The molecule has 2 aromatic rings. The van der Waals surface area contributed by atoms with E-state index in [1.54, 1.807) is 6.07 Å². The fourth-order valence-electron chi connectivity index (χ4n) is 1.98. The number of carbonyl (C=O) groups excluding carboxylic acids is 1. The van der Waals surface area contributed by atoms with Crippen molar-refractivity contribution in [3.05, 3.63) is 61.7 Å². The van der Waals surface area contributed by atoms with Crippen LogP contribution in [-0.4, -0.2) is 11.0 Å². The number of hydrogen-bond acceptors (Lipinski definition) is 2. The van der Waals surface area contributed by atoms with E-state index in [0.29, 0.717) is 16.3 Å². The third-order valence-corrected chi connectivity index (χ3v) is 4.22. The van der Waals surface area contributed by atoms with Crippen LogP contribution in [0.15, 0.2) is 36.4 Å². The van der Waals surface area contributed by atoms with Crippen molar-refractivity contribution in [3.63, 3.8) is 0 Å². The van der Waals surface area contributed by atoms with Crippen LogP contribution in [0.5, 0.6) is 0 Å². The molecule has 6 heteroatoms. The summed E-state index contributed by atoms with van der Waals surface area (Å²) in [7, 11) is 0. The van der Waals surface area contributed by atoms with E-state index in [2.05, 4.69) is 33.2 Å². The van der Waals surface area contributed by atoms with Crippen LogP contribution in [0.25, 0.3) is 0 Å². The van der Waals surface area contributed by atoms with Gasteiger partial charge < -0.3 is 5.32 Å². The summed E-state index contributed by atoms with van der Waals surface area (Å²) in [5.74, 6) is -0.239. The first-order valence-electron chi connectivity index (χ1n) is 6.51. The van der Waals surface area contributed by atoms with Gasteiger partial charge in [0.2, 0.25) is 0 Å². The van der Waals surface area contributed by atoms with E-state index in [0.717, 1.165) is 14.7 Å². The lowest BCUT2D eigenvalue weighted by molar-refractivity contribution is 0.0977. The molecular formula is C16H14ClIN2OS. The van der Waals surface area contributed by atoms with Crippen LogP contribution in [0.2, 0.25) is 5.02 Å². The van der Waals surface area contributed by atoms with Gasteiger partial charge >= 0.3 is 0 Å². The summed E-state index contributed by atoms with van der Waals surface area (Å²) in [6, 6.07) is 11.2. The van der Waals surface area contributed by atoms with Gasteiger partial charge in [-0.1, -0.05) is 29.3 Å². The van der Waals surface area contributed by atoms with Crippen molar-refractivity contribution in [2.24, 2.45) is 0 Å². The lowest BCUT2D eigenvalue weighted by atomic mass is 10.1. The topological polar surface area (TPSA) is 41.1 Å². The summed E-state index contributed by atoms with van der Waals surface area (Å²) in [5.41, 5.74) is 3.28. The van der Waals surface area contributed by atoms with Gasteiger partial charge in [0.05, 0.1) is 10.7 Å². The van der Waals surface area contributed by atoms with Crippen molar-refractivity contribution in [3.8, 4) is 0 Å². The van der Waals surface area contributed by atoms with Crippen LogP contribution in [0.1, 0.15) is 21.5 Å². The molecule has 0 heterocycles. The molecule has 0 unspecified atom stereocenters. The van der Waals surface area contributed by atoms with Crippen molar-refractivity contribution in [2.45, 2.75) is 13.8 Å². The molecule has 0 aliphatic carbocycles. The molecule has 1 amide bonds. The Labute approximate surface area is 153 Å². The third-order valence-electron chi connectivity index (χ3n) is 3.03. The maximum absolute atomic E-state index is 12.2. The highest BCUT2D eigenvalue weighted by atomic mass is 127. The highest BCUT2D eigenvalue weighted by Gasteiger charge is 2.11. The Morgan fingerprint density at radius 3 is 2.55 bits per heavy atom. The molecule has 0 aromatic heterocycles. The van der Waals surface area contributed by atoms with Crippen LogP contribution in [0.3, 0.4) is 0 Å². The van der Waals surface area contributed by atoms with Gasteiger partial charge in [0.25, 0.3) is 5.91 Å². The summed E-state index contributed by atoms with van der Waals surface area (Å²) in [6.07, 6.45) is 0. The highest BCUT2D eigenvalue weighted by Crippen LogP contribution is 2.23. The Kier molecular flexibility index (Phi) is 5.77. The first-order chi connectivity index (χ1) is 10.4. The molecule has 2 N–H and O–H groups in total. The van der Waals surface area contributed by atoms with E-state index in [1.165, 1.54) is 0 Å². The number of hydrogen-bond donors (Lipinski definition) is 2. The van der Waals surface area contributed by atoms with E-state index in [4.69, 9.17) is 23.8 Å². The maximum Gasteiger partial charge on any atom is 0.257 e. The molecule has 0 saturated carbocycles. The molecule has 0 fully saturated rings. The average Bonchev–Trinajstić information content (AvgIpc) is 2.41. The number of carbonyl (C=O) groups is 1. The lowest BCUT2D eigenvalue weighted by Crippen LogP contribution is -2.34. The predicted molar refractivity (Wildman–Crippen MR) is 104 cm³/mol. The molecular weight excluding hydrogens is 431 g/mol. The number of thiocarbonyl (C=S) groups is 1. The summed E-state index contributed by atoms with van der Waals surface area (Å²) in [6.45, 7) is 3.88. The molecule has 3 nitrogen and oxygen atoms in total. The Bertz CT molecular complexity index is 749. The third kappa shape index (κ3) is 4.41. The second kappa shape index (κ2) is 7.39. The zero-order chi connectivity index (χ0) is 16.3. The monoisotopic (exact) mass is 444 g/mol. The number of rotatable bonds is 2. The Morgan fingerprint density at radius 2 is 1.91 bits per heavy atom. The van der Waals surface area contributed by atoms with Gasteiger partial charge in [0, 0.05) is 9.13 Å². The molecule has 22 heavy (non-hydrogen) atoms. The van der Waals surface area contributed by atoms with E-state index in [9.17, 15) is 4.79 Å². The Morgan fingerprint density at radius 1 is 1.18 bits per heavy atom. The Hall–Kier alpha value is -1.18. The van der Waals surface area contributed by atoms with Crippen LogP contribution < -0.4 is 10.6 Å². The van der Waals surface area contributed by atoms with Crippen molar-refractivity contribution >= 4 is 63.1 Å². The standard InChI is InChI=1S/C16H14ClIN2OS/c1-9-3-5-12(10(2)7-9)15(21)20-16(22)19-14-6-4-11(18)8-13(14)17/h3-8H,1-2H3,(H2,19,20,21,22). The molecule has 114 valence electrons. The molecule has 0 radical (unpaired) electrons. The Balaban J connectivity index is 2.06. The molecule has 0 atom stereocenters. The van der Waals surface area contributed by atoms with E-state index in [-0.39, 0.29) is 11.0 Å². The van der Waals surface area contributed by atoms with Crippen LogP contribution in [-0.2, 0) is 0 Å². The second-order valence-corrected chi connectivity index (χ2v) is 6.91. The zero-order valence-electron chi connectivity index (χ0n) is 12.0. The minimum atomic E-state index is -0.239. The first kappa shape index (κ1) is 17.2. The summed E-state index contributed by atoms with van der Waals surface area (Å²) in [4.78, 5) is 12.2. The molecule has 0 spiro atoms. The number of nitrogens with one attached hydrogen (secondary N) is 2. The lowest BCUT2D eigenvalue weighted by Gasteiger charge is -2.12. The maximum atomic E-state index is 12.2. The normalized spacial score (nSPS) is 10.2. The summed E-state index contributed by atoms with van der Waals surface area (Å²) < 4.78 is 1.03. The van der Waals surface area contributed by atoms with Gasteiger partial charge in [-0.3, -0.25) is 10.1 Å². The van der Waals surface area contributed by atoms with Crippen molar-refractivity contribution < 1.29 is 4.79 Å². The largest absolute Gasteiger partial charge is 0.331 e. The van der Waals surface area contributed by atoms with E-state index < -0.39 is 0 Å². The van der Waals surface area contributed by atoms with E-state index >= 15 is 0 Å². The number of amides is 1. The average molecular weight is 445 g/mol. The van der Waals surface area contributed by atoms with E-state index in [1.807, 2.05) is 44.2 Å². The summed E-state index contributed by atoms with van der Waals surface area (Å²) >= 11 is 13.5. The van der Waals surface area contributed by atoms with Crippen LogP contribution >= 0.6 is 46.4 Å². The highest BCUT2D eigenvalue weighted by molar-refractivity contribution is 14.1. The van der Waals surface area contributed by atoms with Gasteiger partial charge in [-0.15, -0.1) is 0 Å². The molecule has 0 aliphatic rings. The molecule has 0 saturated heterocycles. The molecule has 0 bridgehead atoms. The number of halogens is 2. The van der Waals surface area contributed by atoms with Gasteiger partial charge in [-0.05, 0) is 78.5 Å². The zero-order valence-corrected chi connectivity index (χ0v) is 15.8. The second-order valence-electron chi connectivity index (χ2n) is 4.85. The minimum Gasteiger partial charge on any atom is -0.331 e. The van der Waals surface area contributed by atoms with Gasteiger partial charge in [0.15, 0.2) is 5.11 Å². The van der Waals surface area contributed by atoms with Crippen molar-refractivity contribution in [2.75, 3.05) is 5.32 Å². The van der Waals surface area contributed by atoms with Crippen molar-refractivity contribution in [1.29, 1.82) is 0 Å². The molecule has 2 rings (SSSR count). The molecule has 2 aromatic carbocycles. The minimum absolute atomic E-state index is 0.216. The van der Waals surface area contributed by atoms with Crippen LogP contribution in [0.4, 0.5) is 5.69 Å². The quantitative estimate of drug-likeness (QED) is 0.522. The smallest absolute Gasteiger partial charge is 0.257 e. The fourth-order valence-corrected chi connectivity index (χ4v) is 3.09. The number of aryl methyl sites for hydroxylation is 2. The van der Waals surface area contributed by atoms with Gasteiger partial charge in [0.1, 0.15) is 0 Å². The number of benzene rings is 2. The van der Waals surface area contributed by atoms with Crippen molar-refractivity contribution in [1.82, 2.24) is 5.32 Å². The van der Waals surface area contributed by atoms with Gasteiger partial charge in [-0.2, -0.15) is 0 Å². The van der Waals surface area contributed by atoms with Crippen LogP contribution in [0, 0.1) is 17.4 Å². The SMILES string of the molecule is Cc1ccc(C(=O)NC(=S)Nc2ccc(I)cc2Cl)c(C)c1.